The molecule has 0 aromatic heterocycles. The smallest absolute Gasteiger partial charge is 0.0642 e. The summed E-state index contributed by atoms with van der Waals surface area (Å²) in [5.74, 6) is 1.15. The average molecular weight is 329 g/mol. The van der Waals surface area contributed by atoms with Gasteiger partial charge in [0, 0.05) is 43.8 Å². The summed E-state index contributed by atoms with van der Waals surface area (Å²) in [5, 5.41) is 4.27. The molecule has 1 aliphatic rings. The molecule has 0 unspecified atom stereocenters. The highest BCUT2D eigenvalue weighted by Gasteiger charge is 2.29. The average Bonchev–Trinajstić information content (AvgIpc) is 2.42. The molecule has 1 aromatic carbocycles. The first-order valence-electron chi connectivity index (χ1n) is 7.39. The zero-order valence-electron chi connectivity index (χ0n) is 13.1. The van der Waals surface area contributed by atoms with Gasteiger partial charge in [0.15, 0.2) is 0 Å². The fourth-order valence-corrected chi connectivity index (χ4v) is 4.09. The van der Waals surface area contributed by atoms with Crippen molar-refractivity contribution in [1.29, 1.82) is 0 Å². The minimum absolute atomic E-state index is 0.276. The molecular formula is C16H25ClN2OS. The van der Waals surface area contributed by atoms with E-state index in [2.05, 4.69) is 30.1 Å². The summed E-state index contributed by atoms with van der Waals surface area (Å²) in [6, 6.07) is 6.18. The van der Waals surface area contributed by atoms with Crippen LogP contribution in [0.25, 0.3) is 0 Å². The van der Waals surface area contributed by atoms with E-state index in [1.165, 1.54) is 11.3 Å². The molecule has 0 atom stereocenters. The normalized spacial score (nSPS) is 18.0. The topological polar surface area (TPSA) is 24.5 Å². The van der Waals surface area contributed by atoms with Gasteiger partial charge in [-0.3, -0.25) is 0 Å². The second-order valence-corrected chi connectivity index (χ2v) is 8.16. The Morgan fingerprint density at radius 1 is 1.43 bits per heavy atom. The van der Waals surface area contributed by atoms with Crippen molar-refractivity contribution in [1.82, 2.24) is 5.32 Å². The summed E-state index contributed by atoms with van der Waals surface area (Å²) in [6.45, 7) is 9.10. The molecule has 1 fully saturated rings. The molecule has 0 radical (unpaired) electrons. The predicted molar refractivity (Wildman–Crippen MR) is 93.8 cm³/mol. The summed E-state index contributed by atoms with van der Waals surface area (Å²) < 4.78 is 5.35. The van der Waals surface area contributed by atoms with Crippen molar-refractivity contribution in [3.8, 4) is 0 Å². The van der Waals surface area contributed by atoms with E-state index in [1.54, 1.807) is 7.11 Å². The van der Waals surface area contributed by atoms with Crippen LogP contribution in [0.1, 0.15) is 19.4 Å². The predicted octanol–water partition coefficient (Wildman–Crippen LogP) is 3.41. The van der Waals surface area contributed by atoms with Crippen molar-refractivity contribution in [2.45, 2.75) is 25.1 Å². The number of thioether (sulfide) groups is 1. The van der Waals surface area contributed by atoms with Crippen LogP contribution in [-0.4, -0.2) is 43.9 Å². The van der Waals surface area contributed by atoms with Gasteiger partial charge in [0.1, 0.15) is 0 Å². The SMILES string of the molecule is COCCNCc1cccc(Cl)c1N1CCSC(C)(C)C1. The molecule has 1 aromatic rings. The van der Waals surface area contributed by atoms with Gasteiger partial charge in [0.05, 0.1) is 17.3 Å². The molecular weight excluding hydrogens is 304 g/mol. The molecule has 0 aliphatic carbocycles. The molecule has 21 heavy (non-hydrogen) atoms. The monoisotopic (exact) mass is 328 g/mol. The quantitative estimate of drug-likeness (QED) is 0.809. The highest BCUT2D eigenvalue weighted by molar-refractivity contribution is 8.00. The number of halogens is 1. The number of nitrogens with one attached hydrogen (secondary N) is 1. The lowest BCUT2D eigenvalue weighted by Gasteiger charge is -2.40. The van der Waals surface area contributed by atoms with E-state index in [-0.39, 0.29) is 4.75 Å². The zero-order valence-corrected chi connectivity index (χ0v) is 14.7. The highest BCUT2D eigenvalue weighted by atomic mass is 35.5. The summed E-state index contributed by atoms with van der Waals surface area (Å²) in [5.41, 5.74) is 2.46. The van der Waals surface area contributed by atoms with Crippen LogP contribution >= 0.6 is 23.4 Å². The van der Waals surface area contributed by atoms with Crippen molar-refractivity contribution >= 4 is 29.1 Å². The molecule has 5 heteroatoms. The molecule has 3 nitrogen and oxygen atoms in total. The molecule has 1 N–H and O–H groups in total. The lowest BCUT2D eigenvalue weighted by Crippen LogP contribution is -2.43. The van der Waals surface area contributed by atoms with Crippen LogP contribution in [-0.2, 0) is 11.3 Å². The second kappa shape index (κ2) is 7.73. The van der Waals surface area contributed by atoms with Gasteiger partial charge in [-0.1, -0.05) is 23.7 Å². The summed E-state index contributed by atoms with van der Waals surface area (Å²) in [6.07, 6.45) is 0. The van der Waals surface area contributed by atoms with Crippen molar-refractivity contribution in [3.05, 3.63) is 28.8 Å². The van der Waals surface area contributed by atoms with E-state index in [4.69, 9.17) is 16.3 Å². The third-order valence-electron chi connectivity index (χ3n) is 3.61. The Labute approximate surface area is 137 Å². The Bertz CT molecular complexity index is 468. The molecule has 1 aliphatic heterocycles. The number of benzene rings is 1. The first-order valence-corrected chi connectivity index (χ1v) is 8.76. The van der Waals surface area contributed by atoms with Crippen LogP contribution in [0.3, 0.4) is 0 Å². The van der Waals surface area contributed by atoms with Crippen LogP contribution in [0.5, 0.6) is 0 Å². The number of rotatable bonds is 6. The van der Waals surface area contributed by atoms with Gasteiger partial charge in [-0.15, -0.1) is 0 Å². The number of hydrogen-bond acceptors (Lipinski definition) is 4. The van der Waals surface area contributed by atoms with Crippen LogP contribution in [0.15, 0.2) is 18.2 Å². The van der Waals surface area contributed by atoms with E-state index in [1.807, 2.05) is 23.9 Å². The Kier molecular flexibility index (Phi) is 6.23. The first kappa shape index (κ1) is 16.9. The van der Waals surface area contributed by atoms with Gasteiger partial charge in [-0.25, -0.2) is 0 Å². The van der Waals surface area contributed by atoms with Crippen LogP contribution < -0.4 is 10.2 Å². The van der Waals surface area contributed by atoms with Crippen molar-refractivity contribution in [2.75, 3.05) is 44.0 Å². The standard InChI is InChI=1S/C16H25ClN2OS/c1-16(2)12-19(8-10-21-16)15-13(5-4-6-14(15)17)11-18-7-9-20-3/h4-6,18H,7-12H2,1-3H3. The van der Waals surface area contributed by atoms with Gasteiger partial charge in [-0.05, 0) is 25.5 Å². The van der Waals surface area contributed by atoms with Gasteiger partial charge in [0.25, 0.3) is 0 Å². The molecule has 0 saturated carbocycles. The maximum Gasteiger partial charge on any atom is 0.0642 e. The molecule has 1 heterocycles. The lowest BCUT2D eigenvalue weighted by atomic mass is 10.1. The van der Waals surface area contributed by atoms with Crippen LogP contribution in [0.2, 0.25) is 5.02 Å². The Morgan fingerprint density at radius 3 is 2.95 bits per heavy atom. The summed E-state index contributed by atoms with van der Waals surface area (Å²) in [4.78, 5) is 2.44. The largest absolute Gasteiger partial charge is 0.383 e. The minimum Gasteiger partial charge on any atom is -0.383 e. The number of para-hydroxylation sites is 1. The van der Waals surface area contributed by atoms with Crippen LogP contribution in [0, 0.1) is 0 Å². The van der Waals surface area contributed by atoms with Crippen molar-refractivity contribution in [2.24, 2.45) is 0 Å². The number of methoxy groups -OCH3 is 1. The van der Waals surface area contributed by atoms with E-state index < -0.39 is 0 Å². The van der Waals surface area contributed by atoms with Gasteiger partial charge < -0.3 is 15.0 Å². The highest BCUT2D eigenvalue weighted by Crippen LogP contribution is 2.37. The summed E-state index contributed by atoms with van der Waals surface area (Å²) >= 11 is 8.53. The fraction of sp³-hybridized carbons (Fsp3) is 0.625. The third-order valence-corrected chi connectivity index (χ3v) is 5.21. The Morgan fingerprint density at radius 2 is 2.24 bits per heavy atom. The van der Waals surface area contributed by atoms with E-state index in [9.17, 15) is 0 Å². The molecule has 0 amide bonds. The lowest BCUT2D eigenvalue weighted by molar-refractivity contribution is 0.199. The van der Waals surface area contributed by atoms with E-state index in [0.717, 1.165) is 43.6 Å². The summed E-state index contributed by atoms with van der Waals surface area (Å²) in [7, 11) is 1.72. The fourth-order valence-electron chi connectivity index (χ4n) is 2.66. The van der Waals surface area contributed by atoms with Crippen LogP contribution in [0.4, 0.5) is 5.69 Å². The molecule has 1 saturated heterocycles. The first-order chi connectivity index (χ1) is 10.0. The van der Waals surface area contributed by atoms with Gasteiger partial charge in [-0.2, -0.15) is 11.8 Å². The van der Waals surface area contributed by atoms with Gasteiger partial charge >= 0.3 is 0 Å². The number of nitrogens with zero attached hydrogens (tertiary/aromatic N) is 1. The third kappa shape index (κ3) is 4.78. The Hall–Kier alpha value is -0.420. The number of anilines is 1. The maximum absolute atomic E-state index is 6.49. The molecule has 0 bridgehead atoms. The van der Waals surface area contributed by atoms with Gasteiger partial charge in [0.2, 0.25) is 0 Å². The minimum atomic E-state index is 0.276. The molecule has 2 rings (SSSR count). The van der Waals surface area contributed by atoms with Crippen molar-refractivity contribution in [3.63, 3.8) is 0 Å². The Balaban J connectivity index is 2.13. The van der Waals surface area contributed by atoms with Crippen molar-refractivity contribution < 1.29 is 4.74 Å². The van der Waals surface area contributed by atoms with E-state index in [0.29, 0.717) is 0 Å². The molecule has 0 spiro atoms. The maximum atomic E-state index is 6.49. The van der Waals surface area contributed by atoms with E-state index >= 15 is 0 Å². The number of ether oxygens (including phenoxy) is 1. The number of hydrogen-bond donors (Lipinski definition) is 1. The second-order valence-electron chi connectivity index (χ2n) is 5.95. The molecule has 118 valence electrons. The zero-order chi connectivity index (χ0) is 15.3.